The zero-order valence-electron chi connectivity index (χ0n) is 69.5. The number of furan rings is 4. The first-order chi connectivity index (χ1) is 56.7. The molecular weight excluding hydrogens is 1410 g/mol. The van der Waals surface area contributed by atoms with Crippen molar-refractivity contribution in [2.24, 2.45) is 0 Å². The zero-order chi connectivity index (χ0) is 80.7. The van der Waals surface area contributed by atoms with Gasteiger partial charge in [0, 0.05) is 80.0 Å². The molecule has 0 spiro atoms. The van der Waals surface area contributed by atoms with Crippen molar-refractivity contribution in [2.45, 2.75) is 107 Å². The number of nitrogens with zero attached hydrogens (tertiary/aromatic N) is 13. The molecule has 0 unspecified atom stereocenters. The van der Waals surface area contributed by atoms with E-state index in [-0.39, 0.29) is 52.1 Å². The van der Waals surface area contributed by atoms with Gasteiger partial charge >= 0.3 is 27.4 Å². The molecule has 14 aromatic rings. The largest absolute Gasteiger partial charge is 0.457 e. The average Bonchev–Trinajstić information content (AvgIpc) is 1.59. The number of benzene rings is 9. The van der Waals surface area contributed by atoms with Gasteiger partial charge in [-0.25, -0.2) is 4.98 Å². The Morgan fingerprint density at radius 2 is 0.588 bits per heavy atom. The molecule has 9 aromatic carbocycles. The fraction of sp³-hybridized carbons (Fsp3) is 0.194. The van der Waals surface area contributed by atoms with Gasteiger partial charge in [0.1, 0.15) is 70.0 Å². The maximum atomic E-state index is 8.08. The molecule has 17 nitrogen and oxygen atoms in total. The van der Waals surface area contributed by atoms with E-state index >= 15 is 0 Å². The normalized spacial score (nSPS) is 18.9. The molecule has 0 bridgehead atoms. The topological polar surface area (TPSA) is 104 Å². The lowest BCUT2D eigenvalue weighted by Crippen LogP contribution is -2.59. The number of hydrazine groups is 4. The molecule has 564 valence electrons. The van der Waals surface area contributed by atoms with Crippen LogP contribution in [0.3, 0.4) is 0 Å². The average molecular weight is 1500 g/mol. The molecule has 0 radical (unpaired) electrons. The number of hydrogen-bond donors (Lipinski definition) is 0. The van der Waals surface area contributed by atoms with Crippen molar-refractivity contribution >= 4 is 174 Å². The summed E-state index contributed by atoms with van der Waals surface area (Å²) in [7, 11) is 2.16. The Bertz CT molecular complexity index is 6120. The van der Waals surface area contributed by atoms with Crippen molar-refractivity contribution in [1.29, 1.82) is 0 Å². The van der Waals surface area contributed by atoms with Crippen molar-refractivity contribution in [3.63, 3.8) is 0 Å². The standard InChI is InChI=1S/C26H24BN3O.C25H23BN4O.2C21H22BN3O/c1-18-17-25-26(21-13-7-10-16-24(21)31-25)27(3)30(18)29-19(2)28(20-11-5-4-6-12-20)22-14-8-9-15-23(22)29;1-17-16-23-24(20-12-7-8-14-22(20)31-23)26(3)30(17)29-18(2)28(19-10-5-4-6-11-19)21-13-9-15-27-25(21)29;2*1-14-13-20-21(16-9-5-8-12-19(16)26-20)22(3)25(14)24-15(2)23(4)17-10-6-7-11-18(17)24/h4-17,19H,1-3H3;4-16,18H,1-3H3;2*5-13,15H,1-4H3/t19-;18-;2*15-/m0000/s1/i;;4D3;. The van der Waals surface area contributed by atoms with Gasteiger partial charge in [-0.1, -0.05) is 173 Å². The van der Waals surface area contributed by atoms with Crippen LogP contribution in [0.2, 0.25) is 27.3 Å². The van der Waals surface area contributed by atoms with Gasteiger partial charge in [0.15, 0.2) is 5.82 Å². The van der Waals surface area contributed by atoms with Gasteiger partial charge in [-0.15, -0.1) is 0 Å². The smallest absolute Gasteiger partial charge is 0.315 e. The second kappa shape index (κ2) is 28.1. The number of hydrogen-bond acceptors (Lipinski definition) is 17. The molecule has 114 heavy (non-hydrogen) atoms. The molecule has 21 heteroatoms. The lowest BCUT2D eigenvalue weighted by atomic mass is 9.54. The summed E-state index contributed by atoms with van der Waals surface area (Å²) >= 11 is 0. The maximum absolute atomic E-state index is 8.08. The Morgan fingerprint density at radius 1 is 0.307 bits per heavy atom. The molecule has 8 aliphatic rings. The molecule has 0 saturated carbocycles. The molecule has 0 aliphatic carbocycles. The van der Waals surface area contributed by atoms with Crippen LogP contribution in [0, 0.1) is 0 Å². The molecule has 22 rings (SSSR count). The van der Waals surface area contributed by atoms with Crippen LogP contribution in [-0.2, 0) is 0 Å². The fourth-order valence-corrected chi connectivity index (χ4v) is 19.2. The van der Waals surface area contributed by atoms with Crippen LogP contribution in [-0.4, -0.2) is 90.7 Å². The predicted octanol–water partition coefficient (Wildman–Crippen LogP) is 19.4. The van der Waals surface area contributed by atoms with E-state index in [0.29, 0.717) is 0 Å². The first-order valence-electron chi connectivity index (χ1n) is 41.2. The van der Waals surface area contributed by atoms with E-state index < -0.39 is 6.98 Å². The molecular formula is C93H91B4N13O4. The highest BCUT2D eigenvalue weighted by Gasteiger charge is 2.48. The SMILES string of the molecule is CB1c2c(oc3ccccc23)C=C(C)N1N1c2ccccc2N(C)[C@@H]1C.CB1c2c(oc3ccccc23)C=C(C)N1N1c2ccccc2N(c2ccccc2)[C@@H]1C.CB1c2c(oc3ccccc23)C=C(C)N1N1c2ncccc2N(c2ccccc2)[C@@H]1C.[2H]C([2H])([2H])N1c2ccccc2N(N2B(C)c3c(oc4ccccc34)C=C2C)[C@H]1C. The summed E-state index contributed by atoms with van der Waals surface area (Å²) in [6.45, 7) is 24.4. The highest BCUT2D eigenvalue weighted by atomic mass is 16.3. The van der Waals surface area contributed by atoms with Crippen molar-refractivity contribution in [3.8, 4) is 0 Å². The number of pyridine rings is 1. The third kappa shape index (κ3) is 11.3. The van der Waals surface area contributed by atoms with Crippen LogP contribution in [0.25, 0.3) is 68.2 Å². The molecule has 0 N–H and O–H groups in total. The summed E-state index contributed by atoms with van der Waals surface area (Å²) in [5.41, 5.74) is 23.2. The predicted molar refractivity (Wildman–Crippen MR) is 477 cm³/mol. The van der Waals surface area contributed by atoms with Crippen LogP contribution >= 0.6 is 0 Å². The third-order valence-corrected chi connectivity index (χ3v) is 24.2. The molecule has 4 atom stereocenters. The molecule has 8 aliphatic heterocycles. The van der Waals surface area contributed by atoms with Gasteiger partial charge in [0.2, 0.25) is 0 Å². The van der Waals surface area contributed by atoms with E-state index in [9.17, 15) is 0 Å². The van der Waals surface area contributed by atoms with Gasteiger partial charge < -0.3 is 56.9 Å². The molecule has 0 fully saturated rings. The van der Waals surface area contributed by atoms with Crippen molar-refractivity contribution in [1.82, 2.24) is 24.7 Å². The van der Waals surface area contributed by atoms with Gasteiger partial charge in [0.05, 0.1) is 39.8 Å². The van der Waals surface area contributed by atoms with E-state index in [0.717, 1.165) is 96.2 Å². The van der Waals surface area contributed by atoms with E-state index in [2.05, 4.69) is 318 Å². The van der Waals surface area contributed by atoms with Gasteiger partial charge in [0.25, 0.3) is 0 Å². The Labute approximate surface area is 672 Å². The van der Waals surface area contributed by atoms with E-state index in [1.54, 1.807) is 0 Å². The van der Waals surface area contributed by atoms with Crippen LogP contribution in [0.1, 0.15) is 82.5 Å². The quantitative estimate of drug-likeness (QED) is 0.147. The monoisotopic (exact) mass is 1500 g/mol. The van der Waals surface area contributed by atoms with Crippen LogP contribution in [0.5, 0.6) is 0 Å². The summed E-state index contributed by atoms with van der Waals surface area (Å²) < 4.78 is 48.8. The summed E-state index contributed by atoms with van der Waals surface area (Å²) in [5.74, 6) is 4.76. The van der Waals surface area contributed by atoms with Crippen LogP contribution < -0.4 is 61.5 Å². The lowest BCUT2D eigenvalue weighted by molar-refractivity contribution is 0.438. The summed E-state index contributed by atoms with van der Waals surface area (Å²) in [6, 6.07) is 83.3. The van der Waals surface area contributed by atoms with Crippen molar-refractivity contribution in [3.05, 3.63) is 295 Å². The number of aromatic nitrogens is 1. The Kier molecular flexibility index (Phi) is 16.7. The second-order valence-corrected chi connectivity index (χ2v) is 30.8. The van der Waals surface area contributed by atoms with E-state index in [1.807, 2.05) is 98.9 Å². The Balaban J connectivity index is 0.000000104. The number of para-hydroxylation sites is 12. The molecule has 0 saturated heterocycles. The minimum absolute atomic E-state index is 0.00860. The third-order valence-electron chi connectivity index (χ3n) is 24.2. The first-order valence-corrected chi connectivity index (χ1v) is 39.7. The molecule has 5 aromatic heterocycles. The fourth-order valence-electron chi connectivity index (χ4n) is 19.2. The Morgan fingerprint density at radius 3 is 0.974 bits per heavy atom. The van der Waals surface area contributed by atoms with E-state index in [1.165, 1.54) is 77.3 Å². The van der Waals surface area contributed by atoms with Crippen molar-refractivity contribution < 1.29 is 21.8 Å². The number of rotatable bonds is 6. The lowest BCUT2D eigenvalue weighted by Gasteiger charge is -2.44. The van der Waals surface area contributed by atoms with Gasteiger partial charge in [-0.2, -0.15) is 0 Å². The highest BCUT2D eigenvalue weighted by molar-refractivity contribution is 6.75. The Hall–Kier alpha value is -12.9. The van der Waals surface area contributed by atoms with E-state index in [4.69, 9.17) is 26.8 Å². The van der Waals surface area contributed by atoms with Crippen LogP contribution in [0.4, 0.5) is 57.0 Å². The number of fused-ring (bicyclic) bond motifs is 16. The van der Waals surface area contributed by atoms with Crippen molar-refractivity contribution in [2.75, 3.05) is 53.7 Å². The number of allylic oxidation sites excluding steroid dienone is 4. The molecule has 13 heterocycles. The van der Waals surface area contributed by atoms with Gasteiger partial charge in [-0.3, -0.25) is 20.0 Å². The second-order valence-electron chi connectivity index (χ2n) is 30.8. The summed E-state index contributed by atoms with van der Waals surface area (Å²) in [6.07, 6.45) is 10.5. The minimum atomic E-state index is -2.23. The first kappa shape index (κ1) is 68.0. The molecule has 0 amide bonds. The minimum Gasteiger partial charge on any atom is -0.457 e. The van der Waals surface area contributed by atoms with Crippen LogP contribution in [0.15, 0.2) is 289 Å². The van der Waals surface area contributed by atoms with Gasteiger partial charge in [-0.05, 0) is 199 Å². The highest BCUT2D eigenvalue weighted by Crippen LogP contribution is 2.50. The zero-order valence-corrected chi connectivity index (χ0v) is 66.5. The number of anilines is 10. The maximum Gasteiger partial charge on any atom is 0.315 e. The summed E-state index contributed by atoms with van der Waals surface area (Å²) in [5, 5.41) is 13.9. The summed E-state index contributed by atoms with van der Waals surface area (Å²) in [4.78, 5) is 22.8.